The van der Waals surface area contributed by atoms with Gasteiger partial charge < -0.3 is 15.0 Å². The highest BCUT2D eigenvalue weighted by atomic mass is 16.5. The Labute approximate surface area is 174 Å². The van der Waals surface area contributed by atoms with Crippen molar-refractivity contribution < 1.29 is 14.3 Å². The van der Waals surface area contributed by atoms with Crippen molar-refractivity contribution in [3.63, 3.8) is 0 Å². The van der Waals surface area contributed by atoms with Crippen LogP contribution in [0.5, 0.6) is 5.75 Å². The highest BCUT2D eigenvalue weighted by Gasteiger charge is 2.31. The number of nitrogens with one attached hydrogen (secondary N) is 1. The second-order valence-electron chi connectivity index (χ2n) is 7.19. The first kappa shape index (κ1) is 19.6. The molecular weight excluding hydrogens is 382 g/mol. The maximum Gasteiger partial charge on any atom is 0.267 e. The summed E-state index contributed by atoms with van der Waals surface area (Å²) in [5.41, 5.74) is 2.58. The Hall–Kier alpha value is -3.68. The number of carbonyl (C=O) groups excluding carboxylic acids is 2. The molecule has 2 aromatic carbocycles. The summed E-state index contributed by atoms with van der Waals surface area (Å²) >= 11 is 0. The molecule has 0 saturated heterocycles. The quantitative estimate of drug-likeness (QED) is 0.681. The standard InChI is InChI=1S/C22H23N5O3/c1-15(17-7-9-18(10-8-17)27-14-23-13-24-27)25-21(28)11-12-26-19-5-3-4-6-20(19)30-16(2)22(26)29/h3-10,13-16H,11-12H2,1-2H3,(H,25,28). The largest absolute Gasteiger partial charge is 0.479 e. The number of anilines is 1. The van der Waals surface area contributed by atoms with Crippen LogP contribution in [0.2, 0.25) is 0 Å². The normalized spacial score (nSPS) is 16.5. The topological polar surface area (TPSA) is 89.3 Å². The summed E-state index contributed by atoms with van der Waals surface area (Å²) in [6.45, 7) is 3.95. The second-order valence-corrected chi connectivity index (χ2v) is 7.19. The van der Waals surface area contributed by atoms with E-state index < -0.39 is 6.10 Å². The van der Waals surface area contributed by atoms with Crippen molar-refractivity contribution in [2.24, 2.45) is 0 Å². The molecule has 3 aromatic rings. The Morgan fingerprint density at radius 1 is 1.20 bits per heavy atom. The van der Waals surface area contributed by atoms with E-state index in [0.29, 0.717) is 18.0 Å². The zero-order valence-corrected chi connectivity index (χ0v) is 16.9. The fourth-order valence-electron chi connectivity index (χ4n) is 3.46. The van der Waals surface area contributed by atoms with Crippen molar-refractivity contribution in [1.82, 2.24) is 20.1 Å². The predicted molar refractivity (Wildman–Crippen MR) is 111 cm³/mol. The van der Waals surface area contributed by atoms with Gasteiger partial charge in [-0.3, -0.25) is 9.59 Å². The third kappa shape index (κ3) is 4.03. The molecule has 30 heavy (non-hydrogen) atoms. The van der Waals surface area contributed by atoms with Gasteiger partial charge in [0.2, 0.25) is 5.91 Å². The summed E-state index contributed by atoms with van der Waals surface area (Å²) in [4.78, 5) is 30.6. The molecular formula is C22H23N5O3. The van der Waals surface area contributed by atoms with E-state index in [2.05, 4.69) is 15.4 Å². The Morgan fingerprint density at radius 2 is 1.97 bits per heavy atom. The maximum atomic E-state index is 12.5. The molecule has 0 radical (unpaired) electrons. The average molecular weight is 405 g/mol. The molecule has 1 aliphatic heterocycles. The number of amides is 2. The van der Waals surface area contributed by atoms with E-state index in [-0.39, 0.29) is 24.3 Å². The van der Waals surface area contributed by atoms with Crippen LogP contribution in [0.1, 0.15) is 31.9 Å². The third-order valence-electron chi connectivity index (χ3n) is 5.09. The molecule has 1 aliphatic rings. The summed E-state index contributed by atoms with van der Waals surface area (Å²) in [5, 5.41) is 7.10. The Bertz CT molecular complexity index is 1030. The number of hydrogen-bond donors (Lipinski definition) is 1. The fraction of sp³-hybridized carbons (Fsp3) is 0.273. The predicted octanol–water partition coefficient (Wildman–Crippen LogP) is 2.65. The SMILES string of the molecule is CC1Oc2ccccc2N(CCC(=O)NC(C)c2ccc(-n3cncn3)cc2)C1=O. The molecule has 0 aliphatic carbocycles. The molecule has 0 saturated carbocycles. The van der Waals surface area contributed by atoms with Gasteiger partial charge in [-0.1, -0.05) is 24.3 Å². The number of carbonyl (C=O) groups is 2. The van der Waals surface area contributed by atoms with E-state index in [1.54, 1.807) is 22.8 Å². The number of rotatable bonds is 6. The lowest BCUT2D eigenvalue weighted by Crippen LogP contribution is -2.45. The molecule has 8 heteroatoms. The van der Waals surface area contributed by atoms with Gasteiger partial charge in [0.15, 0.2) is 6.10 Å². The van der Waals surface area contributed by atoms with Crippen molar-refractivity contribution in [1.29, 1.82) is 0 Å². The van der Waals surface area contributed by atoms with E-state index in [0.717, 1.165) is 11.3 Å². The van der Waals surface area contributed by atoms with Crippen LogP contribution in [0.15, 0.2) is 61.2 Å². The van der Waals surface area contributed by atoms with Crippen LogP contribution in [0.25, 0.3) is 5.69 Å². The summed E-state index contributed by atoms with van der Waals surface area (Å²) in [6.07, 6.45) is 2.75. The molecule has 154 valence electrons. The number of benzene rings is 2. The van der Waals surface area contributed by atoms with Gasteiger partial charge in [-0.15, -0.1) is 0 Å². The smallest absolute Gasteiger partial charge is 0.267 e. The first-order chi connectivity index (χ1) is 14.5. The summed E-state index contributed by atoms with van der Waals surface area (Å²) in [7, 11) is 0. The lowest BCUT2D eigenvalue weighted by Gasteiger charge is -2.32. The molecule has 2 atom stereocenters. The minimum Gasteiger partial charge on any atom is -0.479 e. The molecule has 2 unspecified atom stereocenters. The van der Waals surface area contributed by atoms with Crippen molar-refractivity contribution >= 4 is 17.5 Å². The van der Waals surface area contributed by atoms with Crippen LogP contribution >= 0.6 is 0 Å². The Morgan fingerprint density at radius 3 is 2.70 bits per heavy atom. The van der Waals surface area contributed by atoms with Crippen LogP contribution in [-0.2, 0) is 9.59 Å². The highest BCUT2D eigenvalue weighted by molar-refractivity contribution is 6.00. The lowest BCUT2D eigenvalue weighted by atomic mass is 10.1. The van der Waals surface area contributed by atoms with Gasteiger partial charge in [0.25, 0.3) is 5.91 Å². The van der Waals surface area contributed by atoms with E-state index in [9.17, 15) is 9.59 Å². The fourth-order valence-corrected chi connectivity index (χ4v) is 3.46. The lowest BCUT2D eigenvalue weighted by molar-refractivity contribution is -0.125. The average Bonchev–Trinajstić information content (AvgIpc) is 3.29. The van der Waals surface area contributed by atoms with Crippen molar-refractivity contribution in [3.05, 3.63) is 66.7 Å². The Kier molecular flexibility index (Phi) is 5.47. The third-order valence-corrected chi connectivity index (χ3v) is 5.09. The maximum absolute atomic E-state index is 12.5. The van der Waals surface area contributed by atoms with Crippen molar-refractivity contribution in [2.45, 2.75) is 32.4 Å². The minimum absolute atomic E-state index is 0.118. The first-order valence-electron chi connectivity index (χ1n) is 9.84. The van der Waals surface area contributed by atoms with Crippen LogP contribution < -0.4 is 15.0 Å². The van der Waals surface area contributed by atoms with Gasteiger partial charge in [0.1, 0.15) is 18.4 Å². The van der Waals surface area contributed by atoms with Crippen LogP contribution in [0.4, 0.5) is 5.69 Å². The molecule has 0 spiro atoms. The zero-order valence-electron chi connectivity index (χ0n) is 16.9. The molecule has 0 bridgehead atoms. The van der Waals surface area contributed by atoms with Crippen LogP contribution in [-0.4, -0.2) is 39.2 Å². The second kappa shape index (κ2) is 8.36. The molecule has 2 amide bonds. The molecule has 2 heterocycles. The number of para-hydroxylation sites is 2. The van der Waals surface area contributed by atoms with E-state index >= 15 is 0 Å². The van der Waals surface area contributed by atoms with Crippen molar-refractivity contribution in [2.75, 3.05) is 11.4 Å². The first-order valence-corrected chi connectivity index (χ1v) is 9.84. The summed E-state index contributed by atoms with van der Waals surface area (Å²) in [6, 6.07) is 15.0. The number of aromatic nitrogens is 3. The molecule has 0 fully saturated rings. The van der Waals surface area contributed by atoms with Gasteiger partial charge in [0, 0.05) is 13.0 Å². The minimum atomic E-state index is -0.564. The van der Waals surface area contributed by atoms with E-state index in [1.165, 1.54) is 6.33 Å². The summed E-state index contributed by atoms with van der Waals surface area (Å²) in [5.74, 6) is 0.399. The molecule has 8 nitrogen and oxygen atoms in total. The van der Waals surface area contributed by atoms with Gasteiger partial charge in [-0.05, 0) is 43.7 Å². The molecule has 4 rings (SSSR count). The van der Waals surface area contributed by atoms with Gasteiger partial charge in [-0.2, -0.15) is 5.10 Å². The van der Waals surface area contributed by atoms with Crippen LogP contribution in [0, 0.1) is 0 Å². The van der Waals surface area contributed by atoms with Crippen LogP contribution in [0.3, 0.4) is 0 Å². The van der Waals surface area contributed by atoms with Crippen molar-refractivity contribution in [3.8, 4) is 11.4 Å². The van der Waals surface area contributed by atoms with E-state index in [4.69, 9.17) is 4.74 Å². The number of hydrogen-bond acceptors (Lipinski definition) is 5. The zero-order chi connectivity index (χ0) is 21.1. The molecule has 1 aromatic heterocycles. The van der Waals surface area contributed by atoms with Gasteiger partial charge in [0.05, 0.1) is 17.4 Å². The number of nitrogens with zero attached hydrogens (tertiary/aromatic N) is 4. The van der Waals surface area contributed by atoms with Gasteiger partial charge in [-0.25, -0.2) is 9.67 Å². The number of fused-ring (bicyclic) bond motifs is 1. The Balaban J connectivity index is 1.36. The summed E-state index contributed by atoms with van der Waals surface area (Å²) < 4.78 is 7.31. The number of ether oxygens (including phenoxy) is 1. The highest BCUT2D eigenvalue weighted by Crippen LogP contribution is 2.33. The van der Waals surface area contributed by atoms with Gasteiger partial charge >= 0.3 is 0 Å². The monoisotopic (exact) mass is 405 g/mol. The van der Waals surface area contributed by atoms with E-state index in [1.807, 2.05) is 55.5 Å². The molecule has 1 N–H and O–H groups in total.